The lowest BCUT2D eigenvalue weighted by molar-refractivity contribution is 0.0702. The van der Waals surface area contributed by atoms with E-state index in [0.717, 1.165) is 36.5 Å². The van der Waals surface area contributed by atoms with Crippen LogP contribution in [0.15, 0.2) is 42.6 Å². The van der Waals surface area contributed by atoms with E-state index in [2.05, 4.69) is 17.1 Å². The molecule has 0 aliphatic carbocycles. The van der Waals surface area contributed by atoms with Crippen molar-refractivity contribution in [2.45, 2.75) is 18.8 Å². The molecule has 3 aromatic rings. The first kappa shape index (κ1) is 13.5. The maximum Gasteiger partial charge on any atom is 0.270 e. The molecular formula is C17H17N3OS. The number of H-pyrrole nitrogens is 1. The zero-order valence-electron chi connectivity index (χ0n) is 12.2. The van der Waals surface area contributed by atoms with Gasteiger partial charge in [-0.1, -0.05) is 12.1 Å². The second kappa shape index (κ2) is 5.57. The molecule has 3 heterocycles. The van der Waals surface area contributed by atoms with Crippen LogP contribution in [0.1, 0.15) is 34.3 Å². The van der Waals surface area contributed by atoms with Gasteiger partial charge < -0.3 is 9.88 Å². The summed E-state index contributed by atoms with van der Waals surface area (Å²) in [6, 6.07) is 11.9. The number of likely N-dealkylation sites (tertiary alicyclic amines) is 1. The molecule has 4 rings (SSSR count). The molecule has 1 N–H and O–H groups in total. The van der Waals surface area contributed by atoms with Gasteiger partial charge in [0.2, 0.25) is 0 Å². The molecule has 5 heteroatoms. The molecule has 0 bridgehead atoms. The first-order chi connectivity index (χ1) is 10.8. The Balaban J connectivity index is 1.56. The van der Waals surface area contributed by atoms with Crippen molar-refractivity contribution in [2.24, 2.45) is 0 Å². The number of fused-ring (bicyclic) bond motifs is 1. The third-order valence-electron chi connectivity index (χ3n) is 4.20. The molecule has 0 spiro atoms. The number of carbonyl (C=O) groups excluding carboxylic acids is 1. The number of piperidine rings is 1. The number of benzene rings is 1. The monoisotopic (exact) mass is 311 g/mol. The number of hydrogen-bond donors (Lipinski definition) is 1. The lowest BCUT2D eigenvalue weighted by Crippen LogP contribution is -2.39. The molecule has 1 atom stereocenters. The molecule has 112 valence electrons. The van der Waals surface area contributed by atoms with Crippen molar-refractivity contribution in [2.75, 3.05) is 13.1 Å². The van der Waals surface area contributed by atoms with Crippen molar-refractivity contribution >= 4 is 27.5 Å². The molecule has 1 aliphatic heterocycles. The molecular weight excluding hydrogens is 294 g/mol. The Morgan fingerprint density at radius 1 is 1.27 bits per heavy atom. The third kappa shape index (κ3) is 2.41. The van der Waals surface area contributed by atoms with Gasteiger partial charge in [-0.25, -0.2) is 4.98 Å². The van der Waals surface area contributed by atoms with E-state index in [0.29, 0.717) is 11.6 Å². The van der Waals surface area contributed by atoms with Gasteiger partial charge in [0.05, 0.1) is 15.2 Å². The van der Waals surface area contributed by atoms with E-state index in [1.807, 2.05) is 29.2 Å². The largest absolute Gasteiger partial charge is 0.357 e. The van der Waals surface area contributed by atoms with Crippen molar-refractivity contribution in [3.05, 3.63) is 53.3 Å². The zero-order valence-corrected chi connectivity index (χ0v) is 13.0. The van der Waals surface area contributed by atoms with E-state index in [9.17, 15) is 4.79 Å². The van der Waals surface area contributed by atoms with E-state index in [-0.39, 0.29) is 5.91 Å². The predicted molar refractivity (Wildman–Crippen MR) is 88.3 cm³/mol. The summed E-state index contributed by atoms with van der Waals surface area (Å²) < 4.78 is 1.23. The Bertz CT molecular complexity index is 760. The molecule has 1 saturated heterocycles. The average Bonchev–Trinajstić information content (AvgIpc) is 3.23. The molecule has 1 amide bonds. The molecule has 0 unspecified atom stereocenters. The highest BCUT2D eigenvalue weighted by molar-refractivity contribution is 7.18. The first-order valence-corrected chi connectivity index (χ1v) is 8.41. The van der Waals surface area contributed by atoms with Gasteiger partial charge >= 0.3 is 0 Å². The number of para-hydroxylation sites is 1. The Hall–Kier alpha value is -2.14. The third-order valence-corrected chi connectivity index (χ3v) is 5.40. The number of rotatable bonds is 2. The summed E-state index contributed by atoms with van der Waals surface area (Å²) in [5, 5.41) is 1.16. The number of aromatic amines is 1. The molecule has 1 aliphatic rings. The lowest BCUT2D eigenvalue weighted by atomic mass is 9.98. The van der Waals surface area contributed by atoms with E-state index in [4.69, 9.17) is 4.98 Å². The van der Waals surface area contributed by atoms with Crippen LogP contribution in [0.5, 0.6) is 0 Å². The van der Waals surface area contributed by atoms with Crippen LogP contribution >= 0.6 is 11.3 Å². The van der Waals surface area contributed by atoms with Crippen LogP contribution in [-0.2, 0) is 0 Å². The molecule has 2 aromatic heterocycles. The van der Waals surface area contributed by atoms with E-state index in [1.54, 1.807) is 17.5 Å². The molecule has 1 fully saturated rings. The quantitative estimate of drug-likeness (QED) is 0.785. The maximum absolute atomic E-state index is 12.5. The van der Waals surface area contributed by atoms with Crippen LogP contribution in [0.3, 0.4) is 0 Å². The zero-order chi connectivity index (χ0) is 14.9. The minimum absolute atomic E-state index is 0.0933. The van der Waals surface area contributed by atoms with E-state index < -0.39 is 0 Å². The molecule has 0 saturated carbocycles. The number of nitrogens with zero attached hydrogens (tertiary/aromatic N) is 2. The number of aromatic nitrogens is 2. The Kier molecular flexibility index (Phi) is 3.42. The molecule has 1 aromatic carbocycles. The highest BCUT2D eigenvalue weighted by Crippen LogP contribution is 2.33. The molecule has 0 radical (unpaired) electrons. The molecule has 22 heavy (non-hydrogen) atoms. The molecule has 4 nitrogen and oxygen atoms in total. The van der Waals surface area contributed by atoms with Crippen molar-refractivity contribution in [1.82, 2.24) is 14.9 Å². The van der Waals surface area contributed by atoms with Gasteiger partial charge in [0.15, 0.2) is 0 Å². The van der Waals surface area contributed by atoms with E-state index >= 15 is 0 Å². The number of thiazole rings is 1. The van der Waals surface area contributed by atoms with Gasteiger partial charge in [-0.05, 0) is 37.1 Å². The maximum atomic E-state index is 12.5. The highest BCUT2D eigenvalue weighted by atomic mass is 32.1. The van der Waals surface area contributed by atoms with Gasteiger partial charge in [0.25, 0.3) is 5.91 Å². The van der Waals surface area contributed by atoms with Crippen molar-refractivity contribution in [3.63, 3.8) is 0 Å². The van der Waals surface area contributed by atoms with Crippen LogP contribution in [0, 0.1) is 0 Å². The summed E-state index contributed by atoms with van der Waals surface area (Å²) in [4.78, 5) is 22.2. The van der Waals surface area contributed by atoms with E-state index in [1.165, 1.54) is 4.70 Å². The number of amides is 1. The second-order valence-corrected chi connectivity index (χ2v) is 6.76. The van der Waals surface area contributed by atoms with Crippen LogP contribution < -0.4 is 0 Å². The predicted octanol–water partition coefficient (Wildman–Crippen LogP) is 3.64. The number of hydrogen-bond acceptors (Lipinski definition) is 3. The standard InChI is InChI=1S/C17H17N3OS/c21-17(14-7-3-9-18-14)20-10-4-5-12(11-20)16-19-13-6-1-2-8-15(13)22-16/h1-3,6-9,12,18H,4-5,10-11H2/t12-/m1/s1. The number of carbonyl (C=O) groups is 1. The van der Waals surface area contributed by atoms with Gasteiger partial charge in [0, 0.05) is 25.2 Å². The minimum Gasteiger partial charge on any atom is -0.357 e. The Labute approximate surface area is 132 Å². The van der Waals surface area contributed by atoms with Crippen LogP contribution in [0.2, 0.25) is 0 Å². The van der Waals surface area contributed by atoms with Crippen LogP contribution in [0.25, 0.3) is 10.2 Å². The van der Waals surface area contributed by atoms with Gasteiger partial charge in [-0.2, -0.15) is 0 Å². The van der Waals surface area contributed by atoms with Crippen molar-refractivity contribution in [3.8, 4) is 0 Å². The Morgan fingerprint density at radius 2 is 2.18 bits per heavy atom. The number of nitrogens with one attached hydrogen (secondary N) is 1. The fourth-order valence-corrected chi connectivity index (χ4v) is 4.15. The minimum atomic E-state index is 0.0933. The van der Waals surface area contributed by atoms with Crippen LogP contribution in [-0.4, -0.2) is 33.9 Å². The summed E-state index contributed by atoms with van der Waals surface area (Å²) in [5.41, 5.74) is 1.74. The summed E-state index contributed by atoms with van der Waals surface area (Å²) in [6.07, 6.45) is 3.93. The topological polar surface area (TPSA) is 49.0 Å². The fourth-order valence-electron chi connectivity index (χ4n) is 3.06. The summed E-state index contributed by atoms with van der Waals surface area (Å²) in [5.74, 6) is 0.445. The lowest BCUT2D eigenvalue weighted by Gasteiger charge is -2.31. The fraction of sp³-hybridized carbons (Fsp3) is 0.294. The van der Waals surface area contributed by atoms with Crippen molar-refractivity contribution in [1.29, 1.82) is 0 Å². The van der Waals surface area contributed by atoms with Gasteiger partial charge in [-0.3, -0.25) is 4.79 Å². The summed E-state index contributed by atoms with van der Waals surface area (Å²) in [6.45, 7) is 1.59. The smallest absolute Gasteiger partial charge is 0.270 e. The SMILES string of the molecule is O=C(c1ccc[nH]1)N1CCC[C@@H](c2nc3ccccc3s2)C1. The average molecular weight is 311 g/mol. The summed E-state index contributed by atoms with van der Waals surface area (Å²) >= 11 is 1.76. The van der Waals surface area contributed by atoms with Crippen LogP contribution in [0.4, 0.5) is 0 Å². The normalized spacial score (nSPS) is 18.7. The van der Waals surface area contributed by atoms with Gasteiger partial charge in [0.1, 0.15) is 5.69 Å². The van der Waals surface area contributed by atoms with Gasteiger partial charge in [-0.15, -0.1) is 11.3 Å². The highest BCUT2D eigenvalue weighted by Gasteiger charge is 2.27. The Morgan fingerprint density at radius 3 is 3.00 bits per heavy atom. The second-order valence-electron chi connectivity index (χ2n) is 5.69. The van der Waals surface area contributed by atoms with Crippen molar-refractivity contribution < 1.29 is 4.79 Å². The first-order valence-electron chi connectivity index (χ1n) is 7.59. The summed E-state index contributed by atoms with van der Waals surface area (Å²) in [7, 11) is 0.